The molecule has 0 amide bonds. The van der Waals surface area contributed by atoms with Crippen molar-refractivity contribution in [2.75, 3.05) is 19.6 Å². The van der Waals surface area contributed by atoms with E-state index < -0.39 is 0 Å². The number of hydrogen-bond donors (Lipinski definition) is 1. The van der Waals surface area contributed by atoms with E-state index in [4.69, 9.17) is 0 Å². The quantitative estimate of drug-likeness (QED) is 0.873. The highest BCUT2D eigenvalue weighted by molar-refractivity contribution is 5.25. The number of rotatable bonds is 5. The molecule has 3 unspecified atom stereocenters. The largest absolute Gasteiger partial charge is 0.309 e. The van der Waals surface area contributed by atoms with Crippen LogP contribution in [0.4, 0.5) is 0 Å². The highest BCUT2D eigenvalue weighted by Crippen LogP contribution is 2.25. The van der Waals surface area contributed by atoms with Gasteiger partial charge in [-0.1, -0.05) is 43.7 Å². The van der Waals surface area contributed by atoms with Crippen LogP contribution < -0.4 is 5.32 Å². The van der Waals surface area contributed by atoms with Crippen LogP contribution in [0.5, 0.6) is 0 Å². The summed E-state index contributed by atoms with van der Waals surface area (Å²) in [6, 6.07) is 10.1. The first kappa shape index (κ1) is 14.5. The summed E-state index contributed by atoms with van der Waals surface area (Å²) >= 11 is 0. The van der Waals surface area contributed by atoms with Gasteiger partial charge in [-0.3, -0.25) is 4.90 Å². The second kappa shape index (κ2) is 6.53. The Kier molecular flexibility index (Phi) is 5.00. The van der Waals surface area contributed by atoms with Crippen molar-refractivity contribution in [3.8, 4) is 0 Å². The van der Waals surface area contributed by atoms with Crippen molar-refractivity contribution in [2.45, 2.75) is 46.2 Å². The Bertz CT molecular complexity index is 402. The zero-order chi connectivity index (χ0) is 13.8. The zero-order valence-corrected chi connectivity index (χ0v) is 12.8. The van der Waals surface area contributed by atoms with Crippen LogP contribution in [0.3, 0.4) is 0 Å². The summed E-state index contributed by atoms with van der Waals surface area (Å²) in [6.07, 6.45) is 1.34. The number of nitrogens with one attached hydrogen (secondary N) is 1. The minimum atomic E-state index is 0.456. The molecule has 106 valence electrons. The molecule has 0 saturated carbocycles. The monoisotopic (exact) mass is 260 g/mol. The van der Waals surface area contributed by atoms with Crippen molar-refractivity contribution >= 4 is 0 Å². The number of nitrogens with zero attached hydrogens (tertiary/aromatic N) is 1. The predicted molar refractivity (Wildman–Crippen MR) is 82.4 cm³/mol. The molecule has 1 fully saturated rings. The van der Waals surface area contributed by atoms with Gasteiger partial charge < -0.3 is 5.32 Å². The Morgan fingerprint density at radius 3 is 2.74 bits per heavy atom. The van der Waals surface area contributed by atoms with Gasteiger partial charge in [0.05, 0.1) is 0 Å². The summed E-state index contributed by atoms with van der Waals surface area (Å²) in [4.78, 5) is 2.64. The van der Waals surface area contributed by atoms with Crippen LogP contribution in [0.1, 0.15) is 44.4 Å². The molecule has 19 heavy (non-hydrogen) atoms. The number of likely N-dealkylation sites (tertiary alicyclic amines) is 1. The Balaban J connectivity index is 2.08. The first-order valence-corrected chi connectivity index (χ1v) is 7.64. The molecule has 3 atom stereocenters. The molecule has 2 heteroatoms. The molecule has 0 bridgehead atoms. The Morgan fingerprint density at radius 2 is 2.16 bits per heavy atom. The summed E-state index contributed by atoms with van der Waals surface area (Å²) in [7, 11) is 0. The van der Waals surface area contributed by atoms with Gasteiger partial charge in [0.25, 0.3) is 0 Å². The Morgan fingerprint density at radius 1 is 1.37 bits per heavy atom. The maximum Gasteiger partial charge on any atom is 0.0449 e. The average molecular weight is 260 g/mol. The van der Waals surface area contributed by atoms with Crippen molar-refractivity contribution in [3.63, 3.8) is 0 Å². The van der Waals surface area contributed by atoms with Gasteiger partial charge in [-0.2, -0.15) is 0 Å². The fourth-order valence-corrected chi connectivity index (χ4v) is 3.30. The van der Waals surface area contributed by atoms with Crippen LogP contribution >= 0.6 is 0 Å². The summed E-state index contributed by atoms with van der Waals surface area (Å²) in [6.45, 7) is 12.5. The minimum absolute atomic E-state index is 0.456. The van der Waals surface area contributed by atoms with Crippen molar-refractivity contribution in [1.29, 1.82) is 0 Å². The van der Waals surface area contributed by atoms with Crippen molar-refractivity contribution in [2.24, 2.45) is 5.92 Å². The molecule has 2 rings (SSSR count). The molecule has 2 nitrogen and oxygen atoms in total. The molecule has 1 N–H and O–H groups in total. The second-order valence-electron chi connectivity index (χ2n) is 6.17. The molecule has 1 aliphatic heterocycles. The van der Waals surface area contributed by atoms with E-state index in [0.29, 0.717) is 6.04 Å². The number of aryl methyl sites for hydroxylation is 1. The number of hydrogen-bond acceptors (Lipinski definition) is 2. The van der Waals surface area contributed by atoms with E-state index >= 15 is 0 Å². The molecule has 1 saturated heterocycles. The topological polar surface area (TPSA) is 15.3 Å². The Labute approximate surface area is 118 Å². The smallest absolute Gasteiger partial charge is 0.0449 e. The summed E-state index contributed by atoms with van der Waals surface area (Å²) in [5.74, 6) is 0.842. The summed E-state index contributed by atoms with van der Waals surface area (Å²) in [5, 5.41) is 3.65. The highest BCUT2D eigenvalue weighted by atomic mass is 15.2. The van der Waals surface area contributed by atoms with Crippen LogP contribution in [0, 0.1) is 12.8 Å². The van der Waals surface area contributed by atoms with E-state index in [1.54, 1.807) is 0 Å². The molecule has 1 heterocycles. The van der Waals surface area contributed by atoms with Gasteiger partial charge in [0.1, 0.15) is 0 Å². The molecular formula is C17H28N2. The third kappa shape index (κ3) is 3.80. The van der Waals surface area contributed by atoms with Gasteiger partial charge in [-0.25, -0.2) is 0 Å². The van der Waals surface area contributed by atoms with Crippen molar-refractivity contribution in [1.82, 2.24) is 10.2 Å². The lowest BCUT2D eigenvalue weighted by atomic mass is 10.0. The Hall–Kier alpha value is -0.860. The van der Waals surface area contributed by atoms with E-state index in [1.165, 1.54) is 24.1 Å². The van der Waals surface area contributed by atoms with E-state index in [0.717, 1.165) is 25.0 Å². The molecule has 0 aliphatic carbocycles. The summed E-state index contributed by atoms with van der Waals surface area (Å²) < 4.78 is 0. The number of likely N-dealkylation sites (N-methyl/N-ethyl adjacent to an activating group) is 1. The van der Waals surface area contributed by atoms with Crippen LogP contribution in [0.15, 0.2) is 24.3 Å². The first-order valence-electron chi connectivity index (χ1n) is 7.64. The molecule has 1 aromatic carbocycles. The normalized spacial score (nSPS) is 25.7. The van der Waals surface area contributed by atoms with Crippen molar-refractivity contribution < 1.29 is 0 Å². The van der Waals surface area contributed by atoms with Gasteiger partial charge in [-0.15, -0.1) is 0 Å². The molecule has 1 aliphatic rings. The molecule has 0 spiro atoms. The lowest BCUT2D eigenvalue weighted by Gasteiger charge is -2.28. The molecular weight excluding hydrogens is 232 g/mol. The standard InChI is InChI=1S/C17H28N2/c1-5-18-17(16-8-6-7-13(2)10-16)12-19-11-14(3)9-15(19)4/h6-8,10,14-15,17-18H,5,9,11-12H2,1-4H3. The van der Waals surface area contributed by atoms with E-state index in [1.807, 2.05) is 0 Å². The van der Waals surface area contributed by atoms with Gasteiger partial charge in [0.15, 0.2) is 0 Å². The summed E-state index contributed by atoms with van der Waals surface area (Å²) in [5.41, 5.74) is 2.77. The average Bonchev–Trinajstić information content (AvgIpc) is 2.67. The predicted octanol–water partition coefficient (Wildman–Crippen LogP) is 3.38. The van der Waals surface area contributed by atoms with Gasteiger partial charge in [0.2, 0.25) is 0 Å². The van der Waals surface area contributed by atoms with E-state index in [9.17, 15) is 0 Å². The first-order chi connectivity index (χ1) is 9.10. The second-order valence-corrected chi connectivity index (χ2v) is 6.17. The fourth-order valence-electron chi connectivity index (χ4n) is 3.30. The van der Waals surface area contributed by atoms with Gasteiger partial charge in [0, 0.05) is 25.2 Å². The van der Waals surface area contributed by atoms with Crippen LogP contribution in [-0.2, 0) is 0 Å². The highest BCUT2D eigenvalue weighted by Gasteiger charge is 2.28. The molecule has 0 aromatic heterocycles. The van der Waals surface area contributed by atoms with Crippen LogP contribution in [0.2, 0.25) is 0 Å². The van der Waals surface area contributed by atoms with Gasteiger partial charge >= 0.3 is 0 Å². The SMILES string of the molecule is CCNC(CN1CC(C)CC1C)c1cccc(C)c1. The number of benzene rings is 1. The zero-order valence-electron chi connectivity index (χ0n) is 12.8. The van der Waals surface area contributed by atoms with Crippen LogP contribution in [0.25, 0.3) is 0 Å². The lowest BCUT2D eigenvalue weighted by Crippen LogP contribution is -2.37. The van der Waals surface area contributed by atoms with E-state index in [-0.39, 0.29) is 0 Å². The van der Waals surface area contributed by atoms with Gasteiger partial charge in [-0.05, 0) is 38.3 Å². The molecule has 1 aromatic rings. The third-order valence-corrected chi connectivity index (χ3v) is 4.23. The van der Waals surface area contributed by atoms with Crippen LogP contribution in [-0.4, -0.2) is 30.6 Å². The maximum absolute atomic E-state index is 3.65. The van der Waals surface area contributed by atoms with E-state index in [2.05, 4.69) is 62.2 Å². The van der Waals surface area contributed by atoms with Crippen molar-refractivity contribution in [3.05, 3.63) is 35.4 Å². The lowest BCUT2D eigenvalue weighted by molar-refractivity contribution is 0.235. The maximum atomic E-state index is 3.65. The molecule has 0 radical (unpaired) electrons. The third-order valence-electron chi connectivity index (χ3n) is 4.23. The minimum Gasteiger partial charge on any atom is -0.309 e. The fraction of sp³-hybridized carbons (Fsp3) is 0.647.